The molecule has 0 aliphatic rings. The summed E-state index contributed by atoms with van der Waals surface area (Å²) in [5.41, 5.74) is 1.62. The lowest BCUT2D eigenvalue weighted by atomic mass is 10.2. The van der Waals surface area contributed by atoms with Crippen LogP contribution >= 0.6 is 0 Å². The van der Waals surface area contributed by atoms with Crippen molar-refractivity contribution in [3.05, 3.63) is 54.0 Å². The summed E-state index contributed by atoms with van der Waals surface area (Å²) in [6.07, 6.45) is 3.25. The van der Waals surface area contributed by atoms with Gasteiger partial charge in [-0.25, -0.2) is 0 Å². The van der Waals surface area contributed by atoms with Gasteiger partial charge in [0.2, 0.25) is 0 Å². The van der Waals surface area contributed by atoms with Crippen molar-refractivity contribution in [2.24, 2.45) is 0 Å². The molecule has 0 spiro atoms. The molecule has 1 aromatic heterocycles. The van der Waals surface area contributed by atoms with Crippen molar-refractivity contribution >= 4 is 0 Å². The van der Waals surface area contributed by atoms with Crippen LogP contribution in [-0.4, -0.2) is 0 Å². The molecule has 15 heavy (non-hydrogen) atoms. The molecule has 0 N–H and O–H groups in total. The predicted octanol–water partition coefficient (Wildman–Crippen LogP) is 2.73. The number of furan rings is 1. The molecular formula is C12H9NO2. The summed E-state index contributed by atoms with van der Waals surface area (Å²) in [6.45, 7) is 0.475. The summed E-state index contributed by atoms with van der Waals surface area (Å²) in [7, 11) is 0. The SMILES string of the molecule is N#Cc1ccc(OCc2ccoc2)cc1. The molecule has 1 aromatic carbocycles. The monoisotopic (exact) mass is 199 g/mol. The second kappa shape index (κ2) is 4.34. The van der Waals surface area contributed by atoms with Crippen LogP contribution in [0.2, 0.25) is 0 Å². The van der Waals surface area contributed by atoms with E-state index in [1.807, 2.05) is 6.07 Å². The smallest absolute Gasteiger partial charge is 0.119 e. The Balaban J connectivity index is 1.97. The maximum atomic E-state index is 8.61. The van der Waals surface area contributed by atoms with Gasteiger partial charge in [-0.1, -0.05) is 0 Å². The molecule has 0 radical (unpaired) electrons. The zero-order chi connectivity index (χ0) is 10.5. The Morgan fingerprint density at radius 3 is 2.60 bits per heavy atom. The van der Waals surface area contributed by atoms with Crippen LogP contribution in [0.1, 0.15) is 11.1 Å². The van der Waals surface area contributed by atoms with Gasteiger partial charge in [-0.2, -0.15) is 5.26 Å². The maximum Gasteiger partial charge on any atom is 0.119 e. The lowest BCUT2D eigenvalue weighted by Crippen LogP contribution is -1.93. The Kier molecular flexibility index (Phi) is 2.70. The third-order valence-electron chi connectivity index (χ3n) is 1.97. The van der Waals surface area contributed by atoms with E-state index in [1.165, 1.54) is 0 Å². The summed E-state index contributed by atoms with van der Waals surface area (Å²) in [6, 6.07) is 10.9. The highest BCUT2D eigenvalue weighted by Crippen LogP contribution is 2.13. The van der Waals surface area contributed by atoms with Gasteiger partial charge in [0.25, 0.3) is 0 Å². The Hall–Kier alpha value is -2.21. The number of nitrogens with zero attached hydrogens (tertiary/aromatic N) is 1. The van der Waals surface area contributed by atoms with E-state index in [9.17, 15) is 0 Å². The normalized spacial score (nSPS) is 9.53. The van der Waals surface area contributed by atoms with Crippen LogP contribution in [0.25, 0.3) is 0 Å². The molecule has 0 aliphatic heterocycles. The molecule has 74 valence electrons. The van der Waals surface area contributed by atoms with Crippen molar-refractivity contribution in [3.63, 3.8) is 0 Å². The highest BCUT2D eigenvalue weighted by molar-refractivity contribution is 5.34. The average Bonchev–Trinajstić information content (AvgIpc) is 2.80. The number of rotatable bonds is 3. The van der Waals surface area contributed by atoms with E-state index in [0.717, 1.165) is 11.3 Å². The third kappa shape index (κ3) is 2.38. The minimum absolute atomic E-state index is 0.475. The molecular weight excluding hydrogens is 190 g/mol. The van der Waals surface area contributed by atoms with E-state index in [0.29, 0.717) is 12.2 Å². The lowest BCUT2D eigenvalue weighted by Gasteiger charge is -2.03. The number of benzene rings is 1. The molecule has 2 rings (SSSR count). The van der Waals surface area contributed by atoms with Crippen molar-refractivity contribution in [1.29, 1.82) is 5.26 Å². The second-order valence-corrected chi connectivity index (χ2v) is 3.06. The van der Waals surface area contributed by atoms with Crippen molar-refractivity contribution in [2.45, 2.75) is 6.61 Å². The summed E-state index contributed by atoms with van der Waals surface area (Å²) >= 11 is 0. The summed E-state index contributed by atoms with van der Waals surface area (Å²) < 4.78 is 10.4. The minimum atomic E-state index is 0.475. The fourth-order valence-corrected chi connectivity index (χ4v) is 1.17. The first-order valence-corrected chi connectivity index (χ1v) is 4.52. The molecule has 0 aliphatic carbocycles. The molecule has 0 bridgehead atoms. The van der Waals surface area contributed by atoms with Crippen molar-refractivity contribution in [2.75, 3.05) is 0 Å². The van der Waals surface area contributed by atoms with Gasteiger partial charge in [0.05, 0.1) is 24.2 Å². The topological polar surface area (TPSA) is 46.2 Å². The highest BCUT2D eigenvalue weighted by atomic mass is 16.5. The molecule has 0 saturated carbocycles. The Morgan fingerprint density at radius 1 is 1.20 bits per heavy atom. The van der Waals surface area contributed by atoms with Gasteiger partial charge in [-0.05, 0) is 30.3 Å². The first kappa shape index (κ1) is 9.35. The van der Waals surface area contributed by atoms with Crippen LogP contribution in [0.5, 0.6) is 5.75 Å². The Morgan fingerprint density at radius 2 is 2.00 bits per heavy atom. The largest absolute Gasteiger partial charge is 0.489 e. The average molecular weight is 199 g/mol. The van der Waals surface area contributed by atoms with E-state index < -0.39 is 0 Å². The first-order valence-electron chi connectivity index (χ1n) is 4.52. The Labute approximate surface area is 87.5 Å². The molecule has 3 heteroatoms. The van der Waals surface area contributed by atoms with Crippen LogP contribution in [0.15, 0.2) is 47.3 Å². The molecule has 1 heterocycles. The molecule has 0 fully saturated rings. The molecule has 0 atom stereocenters. The lowest BCUT2D eigenvalue weighted by molar-refractivity contribution is 0.305. The van der Waals surface area contributed by atoms with E-state index in [1.54, 1.807) is 36.8 Å². The predicted molar refractivity (Wildman–Crippen MR) is 54.2 cm³/mol. The van der Waals surface area contributed by atoms with Gasteiger partial charge in [0.15, 0.2) is 0 Å². The molecule has 0 saturated heterocycles. The zero-order valence-corrected chi connectivity index (χ0v) is 8.01. The standard InChI is InChI=1S/C12H9NO2/c13-7-10-1-3-12(4-2-10)15-9-11-5-6-14-8-11/h1-6,8H,9H2. The molecule has 2 aromatic rings. The Bertz CT molecular complexity index is 451. The van der Waals surface area contributed by atoms with Crippen LogP contribution in [0.3, 0.4) is 0 Å². The number of ether oxygens (including phenoxy) is 1. The molecule has 0 unspecified atom stereocenters. The fraction of sp³-hybridized carbons (Fsp3) is 0.0833. The second-order valence-electron chi connectivity index (χ2n) is 3.06. The van der Waals surface area contributed by atoms with Gasteiger partial charge in [0, 0.05) is 5.56 Å². The summed E-state index contributed by atoms with van der Waals surface area (Å²) in [5, 5.41) is 8.61. The van der Waals surface area contributed by atoms with Crippen LogP contribution in [0.4, 0.5) is 0 Å². The van der Waals surface area contributed by atoms with E-state index in [2.05, 4.69) is 6.07 Å². The zero-order valence-electron chi connectivity index (χ0n) is 8.01. The van der Waals surface area contributed by atoms with Crippen molar-refractivity contribution in [3.8, 4) is 11.8 Å². The molecule has 0 amide bonds. The summed E-state index contributed by atoms with van der Waals surface area (Å²) in [5.74, 6) is 0.746. The third-order valence-corrected chi connectivity index (χ3v) is 1.97. The van der Waals surface area contributed by atoms with E-state index >= 15 is 0 Å². The van der Waals surface area contributed by atoms with Crippen LogP contribution < -0.4 is 4.74 Å². The number of hydrogen-bond donors (Lipinski definition) is 0. The first-order chi connectivity index (χ1) is 7.38. The number of hydrogen-bond acceptors (Lipinski definition) is 3. The van der Waals surface area contributed by atoms with Gasteiger partial charge in [0.1, 0.15) is 12.4 Å². The highest BCUT2D eigenvalue weighted by Gasteiger charge is 1.97. The number of nitriles is 1. The summed E-state index contributed by atoms with van der Waals surface area (Å²) in [4.78, 5) is 0. The van der Waals surface area contributed by atoms with Crippen molar-refractivity contribution in [1.82, 2.24) is 0 Å². The van der Waals surface area contributed by atoms with Gasteiger partial charge in [-0.3, -0.25) is 0 Å². The fourth-order valence-electron chi connectivity index (χ4n) is 1.17. The quantitative estimate of drug-likeness (QED) is 0.763. The van der Waals surface area contributed by atoms with Crippen LogP contribution in [-0.2, 0) is 6.61 Å². The van der Waals surface area contributed by atoms with Crippen molar-refractivity contribution < 1.29 is 9.15 Å². The van der Waals surface area contributed by atoms with Gasteiger partial charge < -0.3 is 9.15 Å². The maximum absolute atomic E-state index is 8.61. The van der Waals surface area contributed by atoms with Crippen LogP contribution in [0, 0.1) is 11.3 Å². The van der Waals surface area contributed by atoms with E-state index in [4.69, 9.17) is 14.4 Å². The minimum Gasteiger partial charge on any atom is -0.489 e. The molecule has 3 nitrogen and oxygen atoms in total. The van der Waals surface area contributed by atoms with Gasteiger partial charge in [-0.15, -0.1) is 0 Å². The van der Waals surface area contributed by atoms with E-state index in [-0.39, 0.29) is 0 Å². The van der Waals surface area contributed by atoms with Gasteiger partial charge >= 0.3 is 0 Å².